The summed E-state index contributed by atoms with van der Waals surface area (Å²) in [5.41, 5.74) is 10.00. The van der Waals surface area contributed by atoms with Gasteiger partial charge < -0.3 is 5.73 Å². The van der Waals surface area contributed by atoms with E-state index in [9.17, 15) is 4.79 Å². The summed E-state index contributed by atoms with van der Waals surface area (Å²) in [6.45, 7) is 0. The first-order valence-corrected chi connectivity index (χ1v) is 6.90. The number of halogens is 1. The van der Waals surface area contributed by atoms with Crippen LogP contribution >= 0.6 is 12.4 Å². The van der Waals surface area contributed by atoms with E-state index in [4.69, 9.17) is 5.73 Å². The fourth-order valence-electron chi connectivity index (χ4n) is 2.64. The molecule has 0 bridgehead atoms. The van der Waals surface area contributed by atoms with Crippen LogP contribution in [0.15, 0.2) is 54.6 Å². The summed E-state index contributed by atoms with van der Waals surface area (Å²) >= 11 is 0. The van der Waals surface area contributed by atoms with E-state index in [1.807, 2.05) is 54.6 Å². The number of carbonyl (C=O) groups excluding carboxylic acids is 1. The van der Waals surface area contributed by atoms with Crippen LogP contribution in [0.5, 0.6) is 0 Å². The molecule has 0 saturated heterocycles. The number of hydrogen-bond acceptors (Lipinski definition) is 2. The highest BCUT2D eigenvalue weighted by atomic mass is 35.5. The molecule has 0 heterocycles. The van der Waals surface area contributed by atoms with Gasteiger partial charge in [0.2, 0.25) is 0 Å². The standard InChI is InChI=1S/C18H17NO.ClH/c19-17-11-10-14-8-4-5-9-15(14)16(18(17)20)12-13-6-2-1-3-7-13;/h1-9,12,17H,10-11,19H2;1H. The molecular weight excluding hydrogens is 282 g/mol. The molecule has 0 aromatic heterocycles. The van der Waals surface area contributed by atoms with Crippen LogP contribution in [0.25, 0.3) is 11.6 Å². The molecule has 3 rings (SSSR count). The van der Waals surface area contributed by atoms with E-state index in [-0.39, 0.29) is 18.2 Å². The molecule has 0 spiro atoms. The number of aryl methyl sites for hydroxylation is 1. The van der Waals surface area contributed by atoms with Crippen LogP contribution < -0.4 is 5.73 Å². The molecule has 0 fully saturated rings. The smallest absolute Gasteiger partial charge is 0.180 e. The number of rotatable bonds is 1. The second kappa shape index (κ2) is 6.70. The normalized spacial score (nSPS) is 19.6. The third-order valence-electron chi connectivity index (χ3n) is 3.75. The van der Waals surface area contributed by atoms with Crippen LogP contribution in [0.4, 0.5) is 0 Å². The van der Waals surface area contributed by atoms with Crippen molar-refractivity contribution in [3.8, 4) is 0 Å². The van der Waals surface area contributed by atoms with Gasteiger partial charge in [0.25, 0.3) is 0 Å². The second-order valence-corrected chi connectivity index (χ2v) is 5.14. The van der Waals surface area contributed by atoms with Crippen molar-refractivity contribution >= 4 is 29.8 Å². The van der Waals surface area contributed by atoms with E-state index >= 15 is 0 Å². The Morgan fingerprint density at radius 1 is 1.00 bits per heavy atom. The SMILES string of the molecule is Cl.NC1CCc2ccccc2C(=Cc2ccccc2)C1=O. The minimum Gasteiger partial charge on any atom is -0.321 e. The van der Waals surface area contributed by atoms with Crippen molar-refractivity contribution in [1.29, 1.82) is 0 Å². The Bertz CT molecular complexity index is 664. The first kappa shape index (κ1) is 15.5. The summed E-state index contributed by atoms with van der Waals surface area (Å²) < 4.78 is 0. The predicted molar refractivity (Wildman–Crippen MR) is 89.3 cm³/mol. The molecule has 2 aromatic rings. The third kappa shape index (κ3) is 3.23. The molecule has 1 aliphatic rings. The summed E-state index contributed by atoms with van der Waals surface area (Å²) in [6, 6.07) is 17.6. The lowest BCUT2D eigenvalue weighted by atomic mass is 9.95. The van der Waals surface area contributed by atoms with Gasteiger partial charge in [0.05, 0.1) is 6.04 Å². The quantitative estimate of drug-likeness (QED) is 0.647. The largest absolute Gasteiger partial charge is 0.321 e. The van der Waals surface area contributed by atoms with Gasteiger partial charge in [0.15, 0.2) is 5.78 Å². The number of ketones is 1. The van der Waals surface area contributed by atoms with E-state index < -0.39 is 6.04 Å². The summed E-state index contributed by atoms with van der Waals surface area (Å²) in [4.78, 5) is 12.5. The average molecular weight is 300 g/mol. The maximum Gasteiger partial charge on any atom is 0.180 e. The first-order chi connectivity index (χ1) is 9.75. The Hall–Kier alpha value is -1.90. The molecule has 108 valence electrons. The Kier molecular flexibility index (Phi) is 4.94. The van der Waals surface area contributed by atoms with Gasteiger partial charge in [-0.05, 0) is 35.6 Å². The van der Waals surface area contributed by atoms with E-state index in [0.29, 0.717) is 6.42 Å². The van der Waals surface area contributed by atoms with Crippen molar-refractivity contribution in [3.05, 3.63) is 71.3 Å². The van der Waals surface area contributed by atoms with Crippen molar-refractivity contribution in [2.45, 2.75) is 18.9 Å². The summed E-state index contributed by atoms with van der Waals surface area (Å²) in [6.07, 6.45) is 3.52. The van der Waals surface area contributed by atoms with Crippen LogP contribution in [-0.2, 0) is 11.2 Å². The Labute approximate surface area is 131 Å². The van der Waals surface area contributed by atoms with Gasteiger partial charge in [0.1, 0.15) is 0 Å². The van der Waals surface area contributed by atoms with Crippen molar-refractivity contribution < 1.29 is 4.79 Å². The predicted octanol–water partition coefficient (Wildman–Crippen LogP) is 3.49. The van der Waals surface area contributed by atoms with Gasteiger partial charge >= 0.3 is 0 Å². The highest BCUT2D eigenvalue weighted by Gasteiger charge is 2.25. The molecule has 1 unspecified atom stereocenters. The molecule has 21 heavy (non-hydrogen) atoms. The number of nitrogens with two attached hydrogens (primary N) is 1. The van der Waals surface area contributed by atoms with Gasteiger partial charge in [-0.15, -0.1) is 12.4 Å². The molecule has 1 aliphatic carbocycles. The number of hydrogen-bond donors (Lipinski definition) is 1. The summed E-state index contributed by atoms with van der Waals surface area (Å²) in [5, 5.41) is 0. The molecule has 0 aliphatic heterocycles. The lowest BCUT2D eigenvalue weighted by Gasteiger charge is -2.10. The molecule has 0 saturated carbocycles. The molecule has 2 aromatic carbocycles. The van der Waals surface area contributed by atoms with Gasteiger partial charge in [-0.1, -0.05) is 54.6 Å². The number of benzene rings is 2. The monoisotopic (exact) mass is 299 g/mol. The Balaban J connectivity index is 0.00000161. The number of fused-ring (bicyclic) bond motifs is 1. The molecular formula is C18H18ClNO. The minimum atomic E-state index is -0.405. The molecule has 1 atom stereocenters. The number of carbonyl (C=O) groups is 1. The van der Waals surface area contributed by atoms with E-state index in [0.717, 1.165) is 23.1 Å². The van der Waals surface area contributed by atoms with Crippen LogP contribution in [0.1, 0.15) is 23.1 Å². The molecule has 0 radical (unpaired) electrons. The van der Waals surface area contributed by atoms with Gasteiger partial charge in [-0.25, -0.2) is 0 Å². The first-order valence-electron chi connectivity index (χ1n) is 6.90. The molecule has 2 nitrogen and oxygen atoms in total. The highest BCUT2D eigenvalue weighted by molar-refractivity contribution is 6.28. The van der Waals surface area contributed by atoms with E-state index in [2.05, 4.69) is 6.07 Å². The highest BCUT2D eigenvalue weighted by Crippen LogP contribution is 2.28. The van der Waals surface area contributed by atoms with Gasteiger partial charge in [0, 0.05) is 5.57 Å². The maximum atomic E-state index is 12.5. The lowest BCUT2D eigenvalue weighted by Crippen LogP contribution is -2.30. The van der Waals surface area contributed by atoms with E-state index in [1.165, 1.54) is 5.56 Å². The van der Waals surface area contributed by atoms with Crippen molar-refractivity contribution in [1.82, 2.24) is 0 Å². The van der Waals surface area contributed by atoms with Gasteiger partial charge in [-0.3, -0.25) is 4.79 Å². The fraction of sp³-hybridized carbons (Fsp3) is 0.167. The van der Waals surface area contributed by atoms with Crippen LogP contribution in [0.2, 0.25) is 0 Å². The molecule has 3 heteroatoms. The van der Waals surface area contributed by atoms with Gasteiger partial charge in [-0.2, -0.15) is 0 Å². The summed E-state index contributed by atoms with van der Waals surface area (Å²) in [5.74, 6) is 0.0406. The lowest BCUT2D eigenvalue weighted by molar-refractivity contribution is -0.114. The summed E-state index contributed by atoms with van der Waals surface area (Å²) in [7, 11) is 0. The molecule has 0 amide bonds. The zero-order valence-electron chi connectivity index (χ0n) is 11.7. The Morgan fingerprint density at radius 3 is 2.43 bits per heavy atom. The zero-order valence-corrected chi connectivity index (χ0v) is 12.5. The Morgan fingerprint density at radius 2 is 1.67 bits per heavy atom. The van der Waals surface area contributed by atoms with Crippen LogP contribution in [0.3, 0.4) is 0 Å². The maximum absolute atomic E-state index is 12.5. The fourth-order valence-corrected chi connectivity index (χ4v) is 2.64. The minimum absolute atomic E-state index is 0. The van der Waals surface area contributed by atoms with Crippen molar-refractivity contribution in [2.75, 3.05) is 0 Å². The average Bonchev–Trinajstić information content (AvgIpc) is 2.61. The van der Waals surface area contributed by atoms with Crippen LogP contribution in [-0.4, -0.2) is 11.8 Å². The van der Waals surface area contributed by atoms with Crippen LogP contribution in [0, 0.1) is 0 Å². The van der Waals surface area contributed by atoms with E-state index in [1.54, 1.807) is 0 Å². The number of Topliss-reactive ketones (excluding diaryl/α,β-unsaturated/α-hetero) is 1. The van der Waals surface area contributed by atoms with Crippen molar-refractivity contribution in [3.63, 3.8) is 0 Å². The zero-order chi connectivity index (χ0) is 13.9. The van der Waals surface area contributed by atoms with Crippen molar-refractivity contribution in [2.24, 2.45) is 5.73 Å². The molecule has 2 N–H and O–H groups in total. The second-order valence-electron chi connectivity index (χ2n) is 5.14. The topological polar surface area (TPSA) is 43.1 Å². The third-order valence-corrected chi connectivity index (χ3v) is 3.75.